The van der Waals surface area contributed by atoms with Crippen molar-refractivity contribution in [2.45, 2.75) is 0 Å². The predicted molar refractivity (Wildman–Crippen MR) is 212 cm³/mol. The third-order valence-electron chi connectivity index (χ3n) is 10.5. The van der Waals surface area contributed by atoms with E-state index >= 15 is 0 Å². The lowest BCUT2D eigenvalue weighted by molar-refractivity contribution is 1.08. The van der Waals surface area contributed by atoms with Crippen molar-refractivity contribution in [3.63, 3.8) is 0 Å². The van der Waals surface area contributed by atoms with Crippen molar-refractivity contribution < 1.29 is 0 Å². The zero-order chi connectivity index (χ0) is 33.2. The lowest BCUT2D eigenvalue weighted by Gasteiger charge is -2.12. The third-order valence-corrected chi connectivity index (χ3v) is 11.7. The molecule has 0 saturated carbocycles. The first kappa shape index (κ1) is 27.2. The van der Waals surface area contributed by atoms with Crippen LogP contribution in [0.4, 0.5) is 0 Å². The number of thiophene rings is 1. The molecule has 0 N–H and O–H groups in total. The fraction of sp³-hybridized carbons (Fsp3) is 0. The van der Waals surface area contributed by atoms with Crippen molar-refractivity contribution in [3.8, 4) is 34.2 Å². The summed E-state index contributed by atoms with van der Waals surface area (Å²) >= 11 is 1.83. The molecule has 6 heteroatoms. The van der Waals surface area contributed by atoms with Crippen molar-refractivity contribution in [2.24, 2.45) is 0 Å². The highest BCUT2D eigenvalue weighted by Gasteiger charge is 2.24. The van der Waals surface area contributed by atoms with Crippen LogP contribution >= 0.6 is 11.3 Å². The minimum absolute atomic E-state index is 0.661. The zero-order valence-corrected chi connectivity index (χ0v) is 27.9. The Labute approximate surface area is 294 Å². The van der Waals surface area contributed by atoms with Crippen LogP contribution in [0.15, 0.2) is 152 Å². The second-order valence-corrected chi connectivity index (χ2v) is 14.2. The molecule has 0 fully saturated rings. The van der Waals surface area contributed by atoms with Gasteiger partial charge in [0.25, 0.3) is 0 Å². The van der Waals surface area contributed by atoms with Gasteiger partial charge >= 0.3 is 0 Å². The van der Waals surface area contributed by atoms with Crippen LogP contribution in [0.25, 0.3) is 109 Å². The Hall–Kier alpha value is -6.63. The summed E-state index contributed by atoms with van der Waals surface area (Å²) in [5.41, 5.74) is 10.1. The van der Waals surface area contributed by atoms with Crippen LogP contribution in [0.2, 0.25) is 0 Å². The molecule has 0 amide bonds. The summed E-state index contributed by atoms with van der Waals surface area (Å²) in [5.74, 6) is 1.99. The highest BCUT2D eigenvalue weighted by Crippen LogP contribution is 2.48. The molecule has 0 aliphatic carbocycles. The molecule has 0 atom stereocenters. The maximum Gasteiger partial charge on any atom is 0.165 e. The van der Waals surface area contributed by atoms with Crippen LogP contribution in [0.3, 0.4) is 0 Å². The third kappa shape index (κ3) is 3.61. The molecule has 12 rings (SSSR count). The van der Waals surface area contributed by atoms with Crippen LogP contribution in [0.1, 0.15) is 0 Å². The van der Waals surface area contributed by atoms with Crippen LogP contribution in [-0.4, -0.2) is 23.8 Å². The van der Waals surface area contributed by atoms with Gasteiger partial charge in [-0.05, 0) is 36.4 Å². The number of para-hydroxylation sites is 3. The minimum atomic E-state index is 0.661. The second kappa shape index (κ2) is 9.97. The van der Waals surface area contributed by atoms with Gasteiger partial charge in [0.05, 0.1) is 33.1 Å². The SMILES string of the molecule is c1ccc(-c2nc(-c3ccccc3)nc(-c3ccc4c5c3sc3ccc6c7ccccc7n(c7cccc8c9ccccc9n4c87)c6c35)n2)cc1. The van der Waals surface area contributed by atoms with Crippen LogP contribution in [-0.2, 0) is 0 Å². The number of rotatable bonds is 3. The van der Waals surface area contributed by atoms with E-state index in [-0.39, 0.29) is 0 Å². The molecule has 0 saturated heterocycles. The van der Waals surface area contributed by atoms with Gasteiger partial charge < -0.3 is 8.80 Å². The van der Waals surface area contributed by atoms with E-state index in [0.717, 1.165) is 16.7 Å². The molecule has 0 spiro atoms. The number of hydrogen-bond donors (Lipinski definition) is 0. The quantitative estimate of drug-likeness (QED) is 0.188. The Morgan fingerprint density at radius 2 is 0.922 bits per heavy atom. The highest BCUT2D eigenvalue weighted by atomic mass is 32.1. The normalized spacial score (nSPS) is 12.3. The molecule has 5 aromatic heterocycles. The molecule has 5 heterocycles. The number of fused-ring (bicyclic) bond motifs is 8. The zero-order valence-electron chi connectivity index (χ0n) is 27.1. The molecule has 0 bridgehead atoms. The Morgan fingerprint density at radius 1 is 0.373 bits per heavy atom. The smallest absolute Gasteiger partial charge is 0.165 e. The van der Waals surface area contributed by atoms with Gasteiger partial charge in [-0.3, -0.25) is 0 Å². The van der Waals surface area contributed by atoms with Crippen molar-refractivity contribution in [2.75, 3.05) is 0 Å². The average Bonchev–Trinajstić information content (AvgIpc) is 3.86. The summed E-state index contributed by atoms with van der Waals surface area (Å²) in [4.78, 5) is 15.4. The first-order valence-corrected chi connectivity index (χ1v) is 17.9. The lowest BCUT2D eigenvalue weighted by atomic mass is 10.0. The minimum Gasteiger partial charge on any atom is -0.307 e. The van der Waals surface area contributed by atoms with E-state index in [0.29, 0.717) is 17.5 Å². The summed E-state index contributed by atoms with van der Waals surface area (Å²) in [6, 6.07) is 53.9. The standard InChI is InChI=1S/C45H25N5S/c1-3-12-26(13-4-1)43-46-44(27-14-5-2-6-15-27)48-45(47-43)32-22-24-35-38-39-37(51-42(32)38)25-23-31-29-17-8-10-20-34(29)50(41(31)39)36-21-11-18-30-28-16-7-9-19-33(28)49(35)40(30)36/h1-25H. The fourth-order valence-electron chi connectivity index (χ4n) is 8.37. The second-order valence-electron chi connectivity index (χ2n) is 13.2. The van der Waals surface area contributed by atoms with E-state index < -0.39 is 0 Å². The molecule has 236 valence electrons. The van der Waals surface area contributed by atoms with E-state index in [1.54, 1.807) is 0 Å². The summed E-state index contributed by atoms with van der Waals surface area (Å²) in [6.07, 6.45) is 0. The molecule has 7 aromatic carbocycles. The van der Waals surface area contributed by atoms with Crippen molar-refractivity contribution in [3.05, 3.63) is 152 Å². The molecular weight excluding hydrogens is 643 g/mol. The molecule has 5 nitrogen and oxygen atoms in total. The van der Waals surface area contributed by atoms with Crippen molar-refractivity contribution >= 4 is 86.2 Å². The highest BCUT2D eigenvalue weighted by molar-refractivity contribution is 7.26. The van der Waals surface area contributed by atoms with Gasteiger partial charge in [0, 0.05) is 58.4 Å². The topological polar surface area (TPSA) is 47.5 Å². The van der Waals surface area contributed by atoms with Crippen molar-refractivity contribution in [1.82, 2.24) is 23.8 Å². The van der Waals surface area contributed by atoms with E-state index in [2.05, 4.69) is 124 Å². The maximum atomic E-state index is 5.19. The molecule has 0 aliphatic heterocycles. The lowest BCUT2D eigenvalue weighted by Crippen LogP contribution is -2.00. The molecular formula is C45H25N5S. The van der Waals surface area contributed by atoms with E-state index in [4.69, 9.17) is 15.0 Å². The Morgan fingerprint density at radius 3 is 1.61 bits per heavy atom. The molecule has 0 radical (unpaired) electrons. The maximum absolute atomic E-state index is 5.19. The summed E-state index contributed by atoms with van der Waals surface area (Å²) < 4.78 is 7.41. The number of aromatic nitrogens is 5. The van der Waals surface area contributed by atoms with Gasteiger partial charge in [-0.2, -0.15) is 0 Å². The fourth-order valence-corrected chi connectivity index (χ4v) is 9.60. The van der Waals surface area contributed by atoms with Gasteiger partial charge in [-0.25, -0.2) is 15.0 Å². The molecule has 12 aromatic rings. The number of nitrogens with zero attached hydrogens (tertiary/aromatic N) is 5. The van der Waals surface area contributed by atoms with Gasteiger partial charge in [-0.1, -0.05) is 115 Å². The van der Waals surface area contributed by atoms with E-state index in [9.17, 15) is 0 Å². The van der Waals surface area contributed by atoms with Crippen LogP contribution in [0, 0.1) is 0 Å². The van der Waals surface area contributed by atoms with E-state index in [1.165, 1.54) is 74.8 Å². The summed E-state index contributed by atoms with van der Waals surface area (Å²) in [5, 5.41) is 7.49. The predicted octanol–water partition coefficient (Wildman–Crippen LogP) is 11.8. The Bertz CT molecular complexity index is 3300. The largest absolute Gasteiger partial charge is 0.307 e. The summed E-state index contributed by atoms with van der Waals surface area (Å²) in [6.45, 7) is 0. The van der Waals surface area contributed by atoms with Gasteiger partial charge in [0.2, 0.25) is 0 Å². The van der Waals surface area contributed by atoms with Crippen molar-refractivity contribution in [1.29, 1.82) is 0 Å². The Balaban J connectivity index is 1.32. The molecule has 51 heavy (non-hydrogen) atoms. The monoisotopic (exact) mass is 667 g/mol. The van der Waals surface area contributed by atoms with Crippen LogP contribution in [0.5, 0.6) is 0 Å². The van der Waals surface area contributed by atoms with Gasteiger partial charge in [0.15, 0.2) is 17.5 Å². The average molecular weight is 668 g/mol. The van der Waals surface area contributed by atoms with Gasteiger partial charge in [0.1, 0.15) is 0 Å². The summed E-state index contributed by atoms with van der Waals surface area (Å²) in [7, 11) is 0. The number of hydrogen-bond acceptors (Lipinski definition) is 4. The van der Waals surface area contributed by atoms with Gasteiger partial charge in [-0.15, -0.1) is 11.3 Å². The Kier molecular flexibility index (Phi) is 5.32. The molecule has 0 unspecified atom stereocenters. The molecule has 0 aliphatic rings. The number of benzene rings is 7. The first-order valence-electron chi connectivity index (χ1n) is 17.1. The van der Waals surface area contributed by atoms with Crippen LogP contribution < -0.4 is 0 Å². The first-order chi connectivity index (χ1) is 25.3. The van der Waals surface area contributed by atoms with E-state index in [1.807, 2.05) is 47.7 Å².